The first-order chi connectivity index (χ1) is 16.0. The maximum atomic E-state index is 12.7. The van der Waals surface area contributed by atoms with E-state index in [0.29, 0.717) is 18.2 Å². The number of fused-ring (bicyclic) bond motifs is 1. The van der Waals surface area contributed by atoms with Crippen molar-refractivity contribution in [3.05, 3.63) is 94.7 Å². The van der Waals surface area contributed by atoms with Crippen molar-refractivity contribution in [3.8, 4) is 16.9 Å². The molecule has 0 atom stereocenters. The topological polar surface area (TPSA) is 51.5 Å². The number of hydrogen-bond donors (Lipinski definition) is 1. The SMILES string of the molecule is CCOc1c(/C(C)=C/C(=O)NCc2ccccc2Cl)cc2c(-c3ccccc3)coc2c1C. The second-order valence-electron chi connectivity index (χ2n) is 7.84. The summed E-state index contributed by atoms with van der Waals surface area (Å²) in [6, 6.07) is 19.6. The first-order valence-corrected chi connectivity index (χ1v) is 11.3. The van der Waals surface area contributed by atoms with Gasteiger partial charge in [-0.25, -0.2) is 0 Å². The highest BCUT2D eigenvalue weighted by Gasteiger charge is 2.19. The van der Waals surface area contributed by atoms with E-state index in [2.05, 4.69) is 17.4 Å². The molecular weight excluding hydrogens is 434 g/mol. The van der Waals surface area contributed by atoms with Crippen LogP contribution in [0.2, 0.25) is 5.02 Å². The molecule has 1 amide bonds. The van der Waals surface area contributed by atoms with E-state index >= 15 is 0 Å². The Bertz CT molecular complexity index is 1320. The Labute approximate surface area is 198 Å². The molecule has 5 heteroatoms. The van der Waals surface area contributed by atoms with Crippen molar-refractivity contribution in [1.29, 1.82) is 0 Å². The second-order valence-corrected chi connectivity index (χ2v) is 8.25. The van der Waals surface area contributed by atoms with Crippen LogP contribution in [-0.4, -0.2) is 12.5 Å². The van der Waals surface area contributed by atoms with Gasteiger partial charge in [0, 0.05) is 39.7 Å². The normalized spacial score (nSPS) is 11.6. The van der Waals surface area contributed by atoms with Crippen molar-refractivity contribution in [2.45, 2.75) is 27.3 Å². The number of furan rings is 1. The van der Waals surface area contributed by atoms with Crippen LogP contribution < -0.4 is 10.1 Å². The molecule has 0 spiro atoms. The van der Waals surface area contributed by atoms with Crippen LogP contribution in [0.5, 0.6) is 5.75 Å². The van der Waals surface area contributed by atoms with Crippen molar-refractivity contribution in [2.75, 3.05) is 6.61 Å². The number of carbonyl (C=O) groups excluding carboxylic acids is 1. The number of nitrogens with one attached hydrogen (secondary N) is 1. The predicted molar refractivity (Wildman–Crippen MR) is 135 cm³/mol. The fourth-order valence-corrected chi connectivity index (χ4v) is 4.13. The van der Waals surface area contributed by atoms with Gasteiger partial charge in [0.05, 0.1) is 12.9 Å². The fourth-order valence-electron chi connectivity index (χ4n) is 3.93. The van der Waals surface area contributed by atoms with Gasteiger partial charge in [0.1, 0.15) is 11.3 Å². The zero-order valence-corrected chi connectivity index (χ0v) is 19.7. The van der Waals surface area contributed by atoms with Gasteiger partial charge in [-0.1, -0.05) is 60.1 Å². The number of carbonyl (C=O) groups is 1. The van der Waals surface area contributed by atoms with E-state index in [1.807, 2.05) is 69.3 Å². The fraction of sp³-hybridized carbons (Fsp3) is 0.179. The Morgan fingerprint density at radius 3 is 2.58 bits per heavy atom. The molecule has 0 saturated heterocycles. The number of benzene rings is 3. The van der Waals surface area contributed by atoms with E-state index < -0.39 is 0 Å². The molecule has 33 heavy (non-hydrogen) atoms. The quantitative estimate of drug-likeness (QED) is 0.298. The predicted octanol–water partition coefficient (Wildman–Crippen LogP) is 7.18. The van der Waals surface area contributed by atoms with E-state index in [9.17, 15) is 4.79 Å². The lowest BCUT2D eigenvalue weighted by molar-refractivity contribution is -0.116. The molecule has 0 radical (unpaired) electrons. The third-order valence-electron chi connectivity index (χ3n) is 5.60. The standard InChI is InChI=1S/C28H26ClNO3/c1-4-32-27-19(3)28-23(24(17-33-28)20-10-6-5-7-11-20)15-22(27)18(2)14-26(31)30-16-21-12-8-9-13-25(21)29/h5-15,17H,4,16H2,1-3H3,(H,30,31)/b18-14+. The summed E-state index contributed by atoms with van der Waals surface area (Å²) in [5.74, 6) is 0.537. The van der Waals surface area contributed by atoms with E-state index in [1.165, 1.54) is 0 Å². The summed E-state index contributed by atoms with van der Waals surface area (Å²) in [5.41, 5.74) is 6.33. The van der Waals surface area contributed by atoms with E-state index in [4.69, 9.17) is 20.8 Å². The smallest absolute Gasteiger partial charge is 0.244 e. The average molecular weight is 460 g/mol. The lowest BCUT2D eigenvalue weighted by Gasteiger charge is -2.15. The van der Waals surface area contributed by atoms with Crippen LogP contribution in [0, 0.1) is 6.92 Å². The molecule has 0 aliphatic carbocycles. The minimum Gasteiger partial charge on any atom is -0.493 e. The van der Waals surface area contributed by atoms with Gasteiger partial charge in [0.15, 0.2) is 0 Å². The first kappa shape index (κ1) is 22.7. The summed E-state index contributed by atoms with van der Waals surface area (Å²) in [6.45, 7) is 6.72. The Morgan fingerprint density at radius 2 is 1.85 bits per heavy atom. The molecule has 0 unspecified atom stereocenters. The molecule has 1 heterocycles. The molecule has 4 nitrogen and oxygen atoms in total. The molecule has 0 aliphatic rings. The first-order valence-electron chi connectivity index (χ1n) is 10.9. The van der Waals surface area contributed by atoms with Crippen LogP contribution in [0.25, 0.3) is 27.7 Å². The van der Waals surface area contributed by atoms with Crippen molar-refractivity contribution in [1.82, 2.24) is 5.32 Å². The third-order valence-corrected chi connectivity index (χ3v) is 5.97. The van der Waals surface area contributed by atoms with Gasteiger partial charge in [0.2, 0.25) is 5.91 Å². The van der Waals surface area contributed by atoms with Gasteiger partial charge in [0.25, 0.3) is 0 Å². The molecule has 3 aromatic carbocycles. The largest absolute Gasteiger partial charge is 0.493 e. The molecule has 0 aliphatic heterocycles. The monoisotopic (exact) mass is 459 g/mol. The Kier molecular flexibility index (Phi) is 6.85. The van der Waals surface area contributed by atoms with E-state index in [1.54, 1.807) is 12.3 Å². The molecule has 0 fully saturated rings. The number of amides is 1. The molecule has 0 saturated carbocycles. The summed E-state index contributed by atoms with van der Waals surface area (Å²) in [4.78, 5) is 12.7. The summed E-state index contributed by atoms with van der Waals surface area (Å²) in [5, 5.41) is 4.54. The summed E-state index contributed by atoms with van der Waals surface area (Å²) < 4.78 is 11.9. The average Bonchev–Trinajstić information content (AvgIpc) is 3.25. The number of aryl methyl sites for hydroxylation is 1. The molecule has 168 valence electrons. The summed E-state index contributed by atoms with van der Waals surface area (Å²) in [7, 11) is 0. The van der Waals surface area contributed by atoms with Crippen LogP contribution in [0.15, 0.2) is 77.4 Å². The van der Waals surface area contributed by atoms with Gasteiger partial charge < -0.3 is 14.5 Å². The molecule has 0 bridgehead atoms. The Hall–Kier alpha value is -3.50. The number of ether oxygens (including phenoxy) is 1. The highest BCUT2D eigenvalue weighted by atomic mass is 35.5. The lowest BCUT2D eigenvalue weighted by Crippen LogP contribution is -2.20. The summed E-state index contributed by atoms with van der Waals surface area (Å²) in [6.07, 6.45) is 3.38. The van der Waals surface area contributed by atoms with Crippen LogP contribution in [0.4, 0.5) is 0 Å². The summed E-state index contributed by atoms with van der Waals surface area (Å²) >= 11 is 6.20. The molecule has 4 rings (SSSR count). The van der Waals surface area contributed by atoms with Gasteiger partial charge in [-0.2, -0.15) is 0 Å². The van der Waals surface area contributed by atoms with E-state index in [0.717, 1.165) is 50.1 Å². The highest BCUT2D eigenvalue weighted by molar-refractivity contribution is 6.31. The van der Waals surface area contributed by atoms with Crippen LogP contribution in [0.3, 0.4) is 0 Å². The van der Waals surface area contributed by atoms with Crippen molar-refractivity contribution >= 4 is 34.1 Å². The maximum absolute atomic E-state index is 12.7. The number of hydrogen-bond acceptors (Lipinski definition) is 3. The van der Waals surface area contributed by atoms with E-state index in [-0.39, 0.29) is 5.91 Å². The van der Waals surface area contributed by atoms with Gasteiger partial charge in [-0.05, 0) is 49.6 Å². The molecule has 4 aromatic rings. The maximum Gasteiger partial charge on any atom is 0.244 e. The highest BCUT2D eigenvalue weighted by Crippen LogP contribution is 2.40. The Balaban J connectivity index is 1.70. The zero-order valence-electron chi connectivity index (χ0n) is 18.9. The van der Waals surface area contributed by atoms with Gasteiger partial charge >= 0.3 is 0 Å². The van der Waals surface area contributed by atoms with Crippen molar-refractivity contribution < 1.29 is 13.9 Å². The van der Waals surface area contributed by atoms with Gasteiger partial charge in [-0.15, -0.1) is 0 Å². The van der Waals surface area contributed by atoms with Crippen LogP contribution in [0.1, 0.15) is 30.5 Å². The number of rotatable bonds is 7. The Morgan fingerprint density at radius 1 is 1.12 bits per heavy atom. The number of halogens is 1. The molecular formula is C28H26ClNO3. The van der Waals surface area contributed by atoms with Crippen LogP contribution in [-0.2, 0) is 11.3 Å². The van der Waals surface area contributed by atoms with Crippen LogP contribution >= 0.6 is 11.6 Å². The third kappa shape index (κ3) is 4.81. The van der Waals surface area contributed by atoms with Crippen molar-refractivity contribution in [3.63, 3.8) is 0 Å². The van der Waals surface area contributed by atoms with Gasteiger partial charge in [-0.3, -0.25) is 4.79 Å². The molecule has 1 aromatic heterocycles. The lowest BCUT2D eigenvalue weighted by atomic mass is 9.96. The number of allylic oxidation sites excluding steroid dienone is 1. The second kappa shape index (κ2) is 9.97. The molecule has 1 N–H and O–H groups in total. The van der Waals surface area contributed by atoms with Crippen molar-refractivity contribution in [2.24, 2.45) is 0 Å². The minimum atomic E-state index is -0.192. The minimum absolute atomic E-state index is 0.192. The zero-order chi connectivity index (χ0) is 23.4.